The van der Waals surface area contributed by atoms with Crippen LogP contribution in [0.25, 0.3) is 0 Å². The summed E-state index contributed by atoms with van der Waals surface area (Å²) in [6, 6.07) is 1.87. The van der Waals surface area contributed by atoms with E-state index < -0.39 is 5.60 Å². The molecule has 0 saturated carbocycles. The van der Waals surface area contributed by atoms with Crippen LogP contribution >= 0.6 is 0 Å². The topological polar surface area (TPSA) is 51.2 Å². The van der Waals surface area contributed by atoms with E-state index in [1.165, 1.54) is 0 Å². The molecule has 18 heavy (non-hydrogen) atoms. The lowest BCUT2D eigenvalue weighted by Gasteiger charge is -2.31. The van der Waals surface area contributed by atoms with E-state index in [2.05, 4.69) is 11.9 Å². The number of furan rings is 1. The Bertz CT molecular complexity index is 543. The van der Waals surface area contributed by atoms with Crippen molar-refractivity contribution in [3.63, 3.8) is 0 Å². The predicted molar refractivity (Wildman–Crippen MR) is 67.2 cm³/mol. The zero-order valence-corrected chi connectivity index (χ0v) is 10.6. The molecule has 2 aromatic rings. The summed E-state index contributed by atoms with van der Waals surface area (Å²) < 4.78 is 7.50. The minimum absolute atomic E-state index is 0.709. The first-order valence-corrected chi connectivity index (χ1v) is 6.56. The molecule has 0 amide bonds. The molecule has 2 aromatic heterocycles. The van der Waals surface area contributed by atoms with Crippen LogP contribution in [0.4, 0.5) is 0 Å². The highest BCUT2D eigenvalue weighted by atomic mass is 16.3. The average molecular weight is 246 g/mol. The number of aliphatic hydroxyl groups is 1. The molecule has 1 atom stereocenters. The second-order valence-electron chi connectivity index (χ2n) is 4.92. The van der Waals surface area contributed by atoms with Gasteiger partial charge in [0.2, 0.25) is 0 Å². The molecular weight excluding hydrogens is 228 g/mol. The molecular formula is C14H18N2O2. The van der Waals surface area contributed by atoms with Crippen LogP contribution in [0.3, 0.4) is 0 Å². The molecule has 2 heterocycles. The molecule has 0 aromatic carbocycles. The molecule has 0 saturated heterocycles. The van der Waals surface area contributed by atoms with Gasteiger partial charge in [-0.1, -0.05) is 6.92 Å². The van der Waals surface area contributed by atoms with Crippen LogP contribution in [0.5, 0.6) is 0 Å². The van der Waals surface area contributed by atoms with Crippen molar-refractivity contribution in [2.75, 3.05) is 0 Å². The smallest absolute Gasteiger partial charge is 0.150 e. The largest absolute Gasteiger partial charge is 0.469 e. The molecule has 1 aliphatic carbocycles. The lowest BCUT2D eigenvalue weighted by molar-refractivity contribution is 0.0462. The van der Waals surface area contributed by atoms with Gasteiger partial charge in [-0.15, -0.1) is 0 Å². The third-order valence-corrected chi connectivity index (χ3v) is 3.68. The molecule has 1 N–H and O–H groups in total. The summed E-state index contributed by atoms with van der Waals surface area (Å²) in [5, 5.41) is 11.0. The number of aryl methyl sites for hydroxylation is 2. The Balaban J connectivity index is 2.08. The molecule has 1 unspecified atom stereocenters. The van der Waals surface area contributed by atoms with Gasteiger partial charge < -0.3 is 14.1 Å². The van der Waals surface area contributed by atoms with Crippen molar-refractivity contribution < 1.29 is 9.52 Å². The molecule has 0 aliphatic heterocycles. The first-order chi connectivity index (χ1) is 8.75. The number of hydrogen-bond donors (Lipinski definition) is 1. The summed E-state index contributed by atoms with van der Waals surface area (Å²) in [4.78, 5) is 4.38. The van der Waals surface area contributed by atoms with Crippen molar-refractivity contribution >= 4 is 0 Å². The third-order valence-electron chi connectivity index (χ3n) is 3.68. The number of rotatable bonds is 3. The van der Waals surface area contributed by atoms with E-state index >= 15 is 0 Å². The van der Waals surface area contributed by atoms with Crippen molar-refractivity contribution in [3.05, 3.63) is 41.9 Å². The van der Waals surface area contributed by atoms with Gasteiger partial charge in [0.05, 0.1) is 6.26 Å². The summed E-state index contributed by atoms with van der Waals surface area (Å²) in [6.07, 6.45) is 8.92. The molecule has 1 aliphatic rings. The van der Waals surface area contributed by atoms with E-state index in [9.17, 15) is 5.11 Å². The van der Waals surface area contributed by atoms with Crippen LogP contribution in [0.15, 0.2) is 29.1 Å². The molecule has 0 bridgehead atoms. The lowest BCUT2D eigenvalue weighted by Crippen LogP contribution is -2.34. The van der Waals surface area contributed by atoms with Crippen LogP contribution in [0.2, 0.25) is 0 Å². The summed E-state index contributed by atoms with van der Waals surface area (Å²) in [7, 11) is 0. The fourth-order valence-electron chi connectivity index (χ4n) is 2.87. The van der Waals surface area contributed by atoms with E-state index in [0.29, 0.717) is 6.42 Å². The second-order valence-corrected chi connectivity index (χ2v) is 4.92. The highest BCUT2D eigenvalue weighted by molar-refractivity contribution is 5.34. The van der Waals surface area contributed by atoms with Gasteiger partial charge in [0, 0.05) is 30.9 Å². The number of hydrogen-bond acceptors (Lipinski definition) is 3. The minimum Gasteiger partial charge on any atom is -0.469 e. The van der Waals surface area contributed by atoms with Gasteiger partial charge in [-0.2, -0.15) is 0 Å². The molecule has 0 radical (unpaired) electrons. The van der Waals surface area contributed by atoms with Crippen molar-refractivity contribution in [1.82, 2.24) is 9.55 Å². The van der Waals surface area contributed by atoms with Gasteiger partial charge in [-0.05, 0) is 25.3 Å². The molecule has 0 spiro atoms. The van der Waals surface area contributed by atoms with Crippen LogP contribution in [-0.4, -0.2) is 14.7 Å². The van der Waals surface area contributed by atoms with Gasteiger partial charge in [-0.25, -0.2) is 4.98 Å². The van der Waals surface area contributed by atoms with Gasteiger partial charge in [0.25, 0.3) is 0 Å². The maximum atomic E-state index is 11.0. The second kappa shape index (κ2) is 4.28. The maximum Gasteiger partial charge on any atom is 0.150 e. The van der Waals surface area contributed by atoms with Crippen LogP contribution in [-0.2, 0) is 18.6 Å². The SMILES string of the molecule is CCCn1ccnc1C1(O)CCCc2occc21. The average Bonchev–Trinajstić information content (AvgIpc) is 2.98. The third kappa shape index (κ3) is 1.60. The number of fused-ring (bicyclic) bond motifs is 1. The molecule has 4 nitrogen and oxygen atoms in total. The molecule has 3 rings (SSSR count). The Labute approximate surface area is 106 Å². The Kier molecular flexibility index (Phi) is 2.74. The Morgan fingerprint density at radius 2 is 2.44 bits per heavy atom. The van der Waals surface area contributed by atoms with E-state index in [4.69, 9.17) is 4.42 Å². The van der Waals surface area contributed by atoms with E-state index in [1.807, 2.05) is 16.8 Å². The molecule has 4 heteroatoms. The first kappa shape index (κ1) is 11.5. The monoisotopic (exact) mass is 246 g/mol. The van der Waals surface area contributed by atoms with Crippen molar-refractivity contribution in [2.45, 2.75) is 44.8 Å². The summed E-state index contributed by atoms with van der Waals surface area (Å²) >= 11 is 0. The summed E-state index contributed by atoms with van der Waals surface area (Å²) in [5.41, 5.74) is -0.100. The van der Waals surface area contributed by atoms with Gasteiger partial charge >= 0.3 is 0 Å². The minimum atomic E-state index is -0.987. The van der Waals surface area contributed by atoms with Crippen LogP contribution in [0.1, 0.15) is 43.3 Å². The zero-order valence-electron chi connectivity index (χ0n) is 10.6. The normalized spacial score (nSPS) is 23.0. The van der Waals surface area contributed by atoms with Crippen LogP contribution in [0, 0.1) is 0 Å². The molecule has 0 fully saturated rings. The highest BCUT2D eigenvalue weighted by Crippen LogP contribution is 2.40. The van der Waals surface area contributed by atoms with E-state index in [1.54, 1.807) is 12.5 Å². The summed E-state index contributed by atoms with van der Waals surface area (Å²) in [6.45, 7) is 3.00. The Hall–Kier alpha value is -1.55. The van der Waals surface area contributed by atoms with Crippen LogP contribution < -0.4 is 0 Å². The van der Waals surface area contributed by atoms with E-state index in [0.717, 1.165) is 43.0 Å². The standard InChI is InChI=1S/C14H18N2O2/c1-2-8-16-9-7-15-13(16)14(17)6-3-4-12-11(14)5-10-18-12/h5,7,9-10,17H,2-4,6,8H2,1H3. The quantitative estimate of drug-likeness (QED) is 0.905. The molecule has 96 valence electrons. The zero-order chi connectivity index (χ0) is 12.6. The highest BCUT2D eigenvalue weighted by Gasteiger charge is 2.41. The van der Waals surface area contributed by atoms with Crippen molar-refractivity contribution in [2.24, 2.45) is 0 Å². The fourth-order valence-corrected chi connectivity index (χ4v) is 2.87. The van der Waals surface area contributed by atoms with Crippen molar-refractivity contribution in [3.8, 4) is 0 Å². The summed E-state index contributed by atoms with van der Waals surface area (Å²) in [5.74, 6) is 1.64. The van der Waals surface area contributed by atoms with Gasteiger partial charge in [0.15, 0.2) is 5.60 Å². The number of imidazole rings is 1. The van der Waals surface area contributed by atoms with E-state index in [-0.39, 0.29) is 0 Å². The van der Waals surface area contributed by atoms with Gasteiger partial charge in [-0.3, -0.25) is 0 Å². The Morgan fingerprint density at radius 3 is 3.28 bits per heavy atom. The van der Waals surface area contributed by atoms with Gasteiger partial charge in [0.1, 0.15) is 11.6 Å². The predicted octanol–water partition coefficient (Wildman–Crippen LogP) is 2.46. The first-order valence-electron chi connectivity index (χ1n) is 6.56. The lowest BCUT2D eigenvalue weighted by atomic mass is 9.82. The maximum absolute atomic E-state index is 11.0. The number of nitrogens with zero attached hydrogens (tertiary/aromatic N) is 2. The van der Waals surface area contributed by atoms with Crippen molar-refractivity contribution in [1.29, 1.82) is 0 Å². The number of aromatic nitrogens is 2. The fraction of sp³-hybridized carbons (Fsp3) is 0.500. The Morgan fingerprint density at radius 1 is 1.56 bits per heavy atom.